The molecule has 0 aliphatic carbocycles. The van der Waals surface area contributed by atoms with Crippen LogP contribution >= 0.6 is 0 Å². The van der Waals surface area contributed by atoms with E-state index < -0.39 is 7.12 Å². The summed E-state index contributed by atoms with van der Waals surface area (Å²) in [5.74, 6) is 0.340. The Morgan fingerprint density at radius 1 is 1.14 bits per heavy atom. The summed E-state index contributed by atoms with van der Waals surface area (Å²) >= 11 is 0. The van der Waals surface area contributed by atoms with Gasteiger partial charge in [-0.1, -0.05) is 12.1 Å². The van der Waals surface area contributed by atoms with Crippen LogP contribution in [0.2, 0.25) is 0 Å². The van der Waals surface area contributed by atoms with Gasteiger partial charge in [-0.25, -0.2) is 0 Å². The minimum Gasteiger partial charge on any atom is -0.399 e. The van der Waals surface area contributed by atoms with E-state index in [0.29, 0.717) is 24.7 Å². The first kappa shape index (κ1) is 14.6. The van der Waals surface area contributed by atoms with E-state index in [1.165, 1.54) is 0 Å². The third-order valence-corrected chi connectivity index (χ3v) is 4.80. The van der Waals surface area contributed by atoms with Crippen LogP contribution in [0.4, 0.5) is 0 Å². The molecule has 4 nitrogen and oxygen atoms in total. The predicted molar refractivity (Wildman–Crippen MR) is 80.4 cm³/mol. The van der Waals surface area contributed by atoms with Crippen LogP contribution in [0.5, 0.6) is 0 Å². The molecule has 2 fully saturated rings. The molecule has 1 aromatic carbocycles. The SMILES string of the molecule is CC1(C)OB(c2ccc(C3COC3)c(C#N)c2)OC1(C)C. The summed E-state index contributed by atoms with van der Waals surface area (Å²) in [7, 11) is -0.422. The van der Waals surface area contributed by atoms with Gasteiger partial charge in [0, 0.05) is 5.92 Å². The zero-order chi connectivity index (χ0) is 15.3. The van der Waals surface area contributed by atoms with Gasteiger partial charge in [-0.2, -0.15) is 5.26 Å². The Labute approximate surface area is 126 Å². The summed E-state index contributed by atoms with van der Waals surface area (Å²) in [6.45, 7) is 9.50. The molecule has 2 aliphatic heterocycles. The summed E-state index contributed by atoms with van der Waals surface area (Å²) in [4.78, 5) is 0. The molecular weight excluding hydrogens is 265 g/mol. The van der Waals surface area contributed by atoms with E-state index in [0.717, 1.165) is 11.0 Å². The Bertz CT molecular complexity index is 586. The molecular formula is C16H20BNO3. The van der Waals surface area contributed by atoms with E-state index >= 15 is 0 Å². The Morgan fingerprint density at radius 3 is 2.24 bits per heavy atom. The highest BCUT2D eigenvalue weighted by Crippen LogP contribution is 2.36. The maximum atomic E-state index is 9.39. The minimum absolute atomic E-state index is 0.340. The maximum absolute atomic E-state index is 9.39. The summed E-state index contributed by atoms with van der Waals surface area (Å²) in [6.07, 6.45) is 0. The second-order valence-corrected chi connectivity index (χ2v) is 6.78. The van der Waals surface area contributed by atoms with E-state index in [1.807, 2.05) is 45.9 Å². The third-order valence-electron chi connectivity index (χ3n) is 4.80. The highest BCUT2D eigenvalue weighted by molar-refractivity contribution is 6.62. The Morgan fingerprint density at radius 2 is 1.76 bits per heavy atom. The molecule has 0 N–H and O–H groups in total. The second kappa shape index (κ2) is 4.84. The van der Waals surface area contributed by atoms with Gasteiger partial charge < -0.3 is 14.0 Å². The zero-order valence-electron chi connectivity index (χ0n) is 13.0. The molecule has 0 aromatic heterocycles. The van der Waals surface area contributed by atoms with Crippen molar-refractivity contribution in [1.29, 1.82) is 5.26 Å². The lowest BCUT2D eigenvalue weighted by molar-refractivity contribution is 0.00578. The van der Waals surface area contributed by atoms with Crippen LogP contribution in [0.15, 0.2) is 18.2 Å². The first-order valence-electron chi connectivity index (χ1n) is 7.31. The van der Waals surface area contributed by atoms with E-state index in [2.05, 4.69) is 6.07 Å². The highest BCUT2D eigenvalue weighted by Gasteiger charge is 2.51. The average molecular weight is 285 g/mol. The largest absolute Gasteiger partial charge is 0.494 e. The summed E-state index contributed by atoms with van der Waals surface area (Å²) < 4.78 is 17.3. The standard InChI is InChI=1S/C16H20BNO3/c1-15(2)16(3,4)21-17(20-15)13-5-6-14(11(7-13)8-18)12-9-19-10-12/h5-7,12H,9-10H2,1-4H3. The van der Waals surface area contributed by atoms with Crippen LogP contribution in [0, 0.1) is 11.3 Å². The fraction of sp³-hybridized carbons (Fsp3) is 0.562. The molecule has 0 bridgehead atoms. The van der Waals surface area contributed by atoms with Crippen molar-refractivity contribution in [3.63, 3.8) is 0 Å². The van der Waals surface area contributed by atoms with Gasteiger partial charge in [0.15, 0.2) is 0 Å². The zero-order valence-corrected chi connectivity index (χ0v) is 13.0. The lowest BCUT2D eigenvalue weighted by Gasteiger charge is -2.32. The Balaban J connectivity index is 1.89. The second-order valence-electron chi connectivity index (χ2n) is 6.78. The average Bonchev–Trinajstić information content (AvgIpc) is 2.57. The fourth-order valence-electron chi connectivity index (χ4n) is 2.57. The van der Waals surface area contributed by atoms with Crippen molar-refractivity contribution >= 4 is 12.6 Å². The predicted octanol–water partition coefficient (Wildman–Crippen LogP) is 1.97. The van der Waals surface area contributed by atoms with Crippen LogP contribution in [0.3, 0.4) is 0 Å². The monoisotopic (exact) mass is 285 g/mol. The fourth-order valence-corrected chi connectivity index (χ4v) is 2.57. The van der Waals surface area contributed by atoms with Crippen molar-refractivity contribution < 1.29 is 14.0 Å². The normalized spacial score (nSPS) is 23.7. The van der Waals surface area contributed by atoms with Crippen molar-refractivity contribution in [3.05, 3.63) is 29.3 Å². The Kier molecular flexibility index (Phi) is 3.36. The molecule has 2 aliphatic rings. The minimum atomic E-state index is -0.422. The molecule has 0 spiro atoms. The van der Waals surface area contributed by atoms with Gasteiger partial charge in [0.2, 0.25) is 0 Å². The van der Waals surface area contributed by atoms with Crippen molar-refractivity contribution in [2.45, 2.75) is 44.8 Å². The smallest absolute Gasteiger partial charge is 0.399 e. The van der Waals surface area contributed by atoms with E-state index in [1.54, 1.807) is 0 Å². The quantitative estimate of drug-likeness (QED) is 0.780. The maximum Gasteiger partial charge on any atom is 0.494 e. The molecule has 5 heteroatoms. The lowest BCUT2D eigenvalue weighted by Crippen LogP contribution is -2.41. The van der Waals surface area contributed by atoms with Gasteiger partial charge in [-0.3, -0.25) is 0 Å². The number of nitriles is 1. The lowest BCUT2D eigenvalue weighted by atomic mass is 9.76. The van der Waals surface area contributed by atoms with E-state index in [-0.39, 0.29) is 11.2 Å². The van der Waals surface area contributed by atoms with Crippen molar-refractivity contribution in [1.82, 2.24) is 0 Å². The topological polar surface area (TPSA) is 51.5 Å². The van der Waals surface area contributed by atoms with Crippen molar-refractivity contribution in [2.75, 3.05) is 13.2 Å². The Hall–Kier alpha value is -1.35. The molecule has 0 unspecified atom stereocenters. The molecule has 110 valence electrons. The van der Waals surface area contributed by atoms with E-state index in [9.17, 15) is 5.26 Å². The van der Waals surface area contributed by atoms with Crippen LogP contribution < -0.4 is 5.46 Å². The third kappa shape index (κ3) is 2.38. The highest BCUT2D eigenvalue weighted by atomic mass is 16.7. The first-order chi connectivity index (χ1) is 9.84. The van der Waals surface area contributed by atoms with Crippen molar-refractivity contribution in [3.8, 4) is 6.07 Å². The van der Waals surface area contributed by atoms with Crippen LogP contribution in [0.25, 0.3) is 0 Å². The first-order valence-corrected chi connectivity index (χ1v) is 7.31. The van der Waals surface area contributed by atoms with Gasteiger partial charge in [0.05, 0.1) is 36.0 Å². The molecule has 3 rings (SSSR count). The summed E-state index contributed by atoms with van der Waals surface area (Å²) in [5, 5.41) is 9.39. The van der Waals surface area contributed by atoms with Gasteiger partial charge in [-0.15, -0.1) is 0 Å². The van der Waals surface area contributed by atoms with Gasteiger partial charge in [0.25, 0.3) is 0 Å². The molecule has 0 atom stereocenters. The number of hydrogen-bond donors (Lipinski definition) is 0. The van der Waals surface area contributed by atoms with E-state index in [4.69, 9.17) is 14.0 Å². The number of hydrogen-bond acceptors (Lipinski definition) is 4. The number of nitrogens with zero attached hydrogens (tertiary/aromatic N) is 1. The molecule has 2 saturated heterocycles. The van der Waals surface area contributed by atoms with Crippen LogP contribution in [-0.2, 0) is 14.0 Å². The van der Waals surface area contributed by atoms with Crippen LogP contribution in [-0.4, -0.2) is 31.5 Å². The van der Waals surface area contributed by atoms with Gasteiger partial charge in [-0.05, 0) is 44.8 Å². The molecule has 1 aromatic rings. The van der Waals surface area contributed by atoms with Gasteiger partial charge in [0.1, 0.15) is 0 Å². The molecule has 0 radical (unpaired) electrons. The summed E-state index contributed by atoms with van der Waals surface area (Å²) in [6, 6.07) is 8.17. The van der Waals surface area contributed by atoms with Crippen LogP contribution in [0.1, 0.15) is 44.7 Å². The molecule has 2 heterocycles. The number of benzene rings is 1. The molecule has 0 saturated carbocycles. The molecule has 21 heavy (non-hydrogen) atoms. The number of rotatable bonds is 2. The summed E-state index contributed by atoms with van der Waals surface area (Å²) in [5.41, 5.74) is 1.91. The van der Waals surface area contributed by atoms with Crippen molar-refractivity contribution in [2.24, 2.45) is 0 Å². The van der Waals surface area contributed by atoms with Gasteiger partial charge >= 0.3 is 7.12 Å². The molecule has 0 amide bonds. The number of ether oxygens (including phenoxy) is 1.